The molecule has 0 spiro atoms. The van der Waals surface area contributed by atoms with Crippen LogP contribution in [0.1, 0.15) is 76.7 Å². The van der Waals surface area contributed by atoms with E-state index in [0.29, 0.717) is 0 Å². The number of hydrogen-bond donors (Lipinski definition) is 2. The molecule has 24 heavy (non-hydrogen) atoms. The van der Waals surface area contributed by atoms with Crippen LogP contribution in [0.5, 0.6) is 0 Å². The minimum atomic E-state index is 0.750. The Kier molecular flexibility index (Phi) is 23.5. The van der Waals surface area contributed by atoms with Crippen molar-refractivity contribution in [3.05, 3.63) is 35.9 Å². The highest BCUT2D eigenvalue weighted by Gasteiger charge is 1.94. The Labute approximate surface area is 146 Å². The molecule has 0 saturated heterocycles. The van der Waals surface area contributed by atoms with Gasteiger partial charge in [0.05, 0.1) is 0 Å². The zero-order chi connectivity index (χ0) is 18.3. The third-order valence-electron chi connectivity index (χ3n) is 3.66. The van der Waals surface area contributed by atoms with Gasteiger partial charge in [-0.05, 0) is 18.4 Å². The second-order valence-corrected chi connectivity index (χ2v) is 5.62. The second kappa shape index (κ2) is 23.2. The van der Waals surface area contributed by atoms with Gasteiger partial charge in [0.1, 0.15) is 0 Å². The third-order valence-corrected chi connectivity index (χ3v) is 3.66. The Morgan fingerprint density at radius 1 is 0.708 bits per heavy atom. The van der Waals surface area contributed by atoms with E-state index < -0.39 is 0 Å². The maximum atomic E-state index is 8.35. The van der Waals surface area contributed by atoms with Gasteiger partial charge in [0.2, 0.25) is 12.2 Å². The van der Waals surface area contributed by atoms with Crippen molar-refractivity contribution in [1.29, 1.82) is 10.8 Å². The van der Waals surface area contributed by atoms with Crippen molar-refractivity contribution in [3.8, 4) is 0 Å². The molecule has 1 aromatic carbocycles. The lowest BCUT2D eigenvalue weighted by molar-refractivity contribution is 0.556. The summed E-state index contributed by atoms with van der Waals surface area (Å²) in [4.78, 5) is 16.7. The van der Waals surface area contributed by atoms with E-state index in [9.17, 15) is 0 Å². The molecule has 134 valence electrons. The molecule has 0 aliphatic rings. The van der Waals surface area contributed by atoms with Crippen LogP contribution in [0, 0.1) is 10.8 Å². The highest BCUT2D eigenvalue weighted by Crippen LogP contribution is 2.12. The van der Waals surface area contributed by atoms with Gasteiger partial charge >= 0.3 is 0 Å². The molecular weight excluding hydrogens is 300 g/mol. The standard InChI is InChI=1S/C18H30.2CHNO/c1-2-3-4-5-6-7-8-9-10-12-15-18-16-13-11-14-17-18;2*2-1-3/h11,13-14,16-17H,2-10,12,15H2,1H3;2*2H. The Morgan fingerprint density at radius 2 is 1.08 bits per heavy atom. The van der Waals surface area contributed by atoms with Gasteiger partial charge in [-0.3, -0.25) is 0 Å². The van der Waals surface area contributed by atoms with Crippen LogP contribution < -0.4 is 0 Å². The van der Waals surface area contributed by atoms with Gasteiger partial charge in [0.15, 0.2) is 0 Å². The summed E-state index contributed by atoms with van der Waals surface area (Å²) in [6.45, 7) is 2.28. The van der Waals surface area contributed by atoms with E-state index >= 15 is 0 Å². The molecule has 0 saturated carbocycles. The molecule has 0 fully saturated rings. The number of benzene rings is 1. The Bertz CT molecular complexity index is 409. The molecule has 0 aromatic heterocycles. The van der Waals surface area contributed by atoms with Crippen LogP contribution in [0.3, 0.4) is 0 Å². The smallest absolute Gasteiger partial charge is 0.222 e. The van der Waals surface area contributed by atoms with Crippen LogP contribution in [0.15, 0.2) is 30.3 Å². The number of hydrogen-bond acceptors (Lipinski definition) is 4. The topological polar surface area (TPSA) is 81.8 Å². The van der Waals surface area contributed by atoms with E-state index in [1.165, 1.54) is 76.2 Å². The second-order valence-electron chi connectivity index (χ2n) is 5.62. The van der Waals surface area contributed by atoms with Crippen LogP contribution in [0.4, 0.5) is 0 Å². The first-order valence-electron chi connectivity index (χ1n) is 8.88. The minimum absolute atomic E-state index is 0.750. The predicted molar refractivity (Wildman–Crippen MR) is 98.8 cm³/mol. The molecule has 0 aliphatic heterocycles. The minimum Gasteiger partial charge on any atom is -0.222 e. The van der Waals surface area contributed by atoms with Crippen LogP contribution in [0.25, 0.3) is 0 Å². The van der Waals surface area contributed by atoms with E-state index in [2.05, 4.69) is 37.3 Å². The van der Waals surface area contributed by atoms with E-state index in [1.54, 1.807) is 0 Å². The van der Waals surface area contributed by atoms with E-state index in [-0.39, 0.29) is 0 Å². The zero-order valence-corrected chi connectivity index (χ0v) is 15.0. The van der Waals surface area contributed by atoms with Crippen molar-refractivity contribution < 1.29 is 9.59 Å². The number of nitrogens with one attached hydrogen (secondary N) is 2. The van der Waals surface area contributed by atoms with Crippen LogP contribution in [0.2, 0.25) is 0 Å². The van der Waals surface area contributed by atoms with Crippen molar-refractivity contribution in [2.45, 2.75) is 77.6 Å². The van der Waals surface area contributed by atoms with Gasteiger partial charge in [-0.1, -0.05) is 95.0 Å². The maximum Gasteiger partial charge on any atom is 0.231 e. The molecular formula is C20H32N2O2. The lowest BCUT2D eigenvalue weighted by atomic mass is 10.0. The molecule has 0 heterocycles. The Balaban J connectivity index is 0. The summed E-state index contributed by atoms with van der Waals surface area (Å²) in [7, 11) is 0. The highest BCUT2D eigenvalue weighted by atomic mass is 16.1. The first kappa shape index (κ1) is 24.2. The molecule has 0 radical (unpaired) electrons. The summed E-state index contributed by atoms with van der Waals surface area (Å²) < 4.78 is 0. The normalized spacial score (nSPS) is 8.71. The average molecular weight is 332 g/mol. The summed E-state index contributed by atoms with van der Waals surface area (Å²) in [5.74, 6) is 0. The van der Waals surface area contributed by atoms with Gasteiger partial charge in [-0.25, -0.2) is 20.4 Å². The number of rotatable bonds is 11. The van der Waals surface area contributed by atoms with Crippen molar-refractivity contribution in [2.24, 2.45) is 0 Å². The number of isocyanates is 2. The fourth-order valence-electron chi connectivity index (χ4n) is 2.46. The van der Waals surface area contributed by atoms with Gasteiger partial charge in [-0.15, -0.1) is 0 Å². The highest BCUT2D eigenvalue weighted by molar-refractivity contribution is 5.26. The van der Waals surface area contributed by atoms with Crippen LogP contribution >= 0.6 is 0 Å². The Morgan fingerprint density at radius 3 is 1.50 bits per heavy atom. The molecule has 4 heteroatoms. The Hall–Kier alpha value is -2.02. The monoisotopic (exact) mass is 332 g/mol. The maximum absolute atomic E-state index is 8.35. The molecule has 1 rings (SSSR count). The molecule has 2 N–H and O–H groups in total. The predicted octanol–water partition coefficient (Wildman–Crippen LogP) is 5.95. The number of carbonyl (C=O) groups excluding carboxylic acids is 2. The first-order chi connectivity index (χ1) is 11.8. The molecule has 1 aromatic rings. The number of aryl methyl sites for hydroxylation is 1. The average Bonchev–Trinajstić information content (AvgIpc) is 2.59. The lowest BCUT2D eigenvalue weighted by Crippen LogP contribution is -1.86. The summed E-state index contributed by atoms with van der Waals surface area (Å²) >= 11 is 0. The first-order valence-corrected chi connectivity index (χ1v) is 8.88. The quantitative estimate of drug-likeness (QED) is 0.298. The SMILES string of the molecule is CCCCCCCCCCCCc1ccccc1.N=C=O.N=C=O. The summed E-state index contributed by atoms with van der Waals surface area (Å²) in [6.07, 6.45) is 17.0. The largest absolute Gasteiger partial charge is 0.231 e. The molecule has 0 unspecified atom stereocenters. The summed E-state index contributed by atoms with van der Waals surface area (Å²) in [6, 6.07) is 10.9. The van der Waals surface area contributed by atoms with Crippen LogP contribution in [-0.2, 0) is 16.0 Å². The van der Waals surface area contributed by atoms with E-state index in [1.807, 2.05) is 0 Å². The fourth-order valence-corrected chi connectivity index (χ4v) is 2.46. The molecule has 0 amide bonds. The molecule has 0 aliphatic carbocycles. The van der Waals surface area contributed by atoms with Crippen molar-refractivity contribution in [3.63, 3.8) is 0 Å². The molecule has 0 bridgehead atoms. The summed E-state index contributed by atoms with van der Waals surface area (Å²) in [5, 5.41) is 10.8. The van der Waals surface area contributed by atoms with E-state index in [0.717, 1.165) is 12.2 Å². The van der Waals surface area contributed by atoms with Crippen LogP contribution in [-0.4, -0.2) is 12.2 Å². The van der Waals surface area contributed by atoms with Crippen molar-refractivity contribution >= 4 is 12.2 Å². The number of unbranched alkanes of at least 4 members (excludes halogenated alkanes) is 9. The summed E-state index contributed by atoms with van der Waals surface area (Å²) in [5.41, 5.74) is 1.50. The zero-order valence-electron chi connectivity index (χ0n) is 15.0. The third kappa shape index (κ3) is 22.3. The van der Waals surface area contributed by atoms with E-state index in [4.69, 9.17) is 20.4 Å². The van der Waals surface area contributed by atoms with Gasteiger partial charge in [0.25, 0.3) is 0 Å². The van der Waals surface area contributed by atoms with Gasteiger partial charge in [-0.2, -0.15) is 0 Å². The fraction of sp³-hybridized carbons (Fsp3) is 0.600. The van der Waals surface area contributed by atoms with Gasteiger partial charge < -0.3 is 0 Å². The van der Waals surface area contributed by atoms with Crippen molar-refractivity contribution in [2.75, 3.05) is 0 Å². The lowest BCUT2D eigenvalue weighted by Gasteiger charge is -2.03. The molecule has 4 nitrogen and oxygen atoms in total. The molecule has 0 atom stereocenters. The van der Waals surface area contributed by atoms with Crippen molar-refractivity contribution in [1.82, 2.24) is 0 Å². The van der Waals surface area contributed by atoms with Gasteiger partial charge in [0, 0.05) is 0 Å².